The number of pyridine rings is 1. The summed E-state index contributed by atoms with van der Waals surface area (Å²) in [7, 11) is 0. The van der Waals surface area contributed by atoms with Crippen molar-refractivity contribution < 1.29 is 0 Å². The monoisotopic (exact) mass is 343 g/mol. The van der Waals surface area contributed by atoms with E-state index >= 15 is 0 Å². The van der Waals surface area contributed by atoms with Crippen molar-refractivity contribution in [2.75, 3.05) is 6.54 Å². The van der Waals surface area contributed by atoms with Crippen LogP contribution < -0.4 is 5.32 Å². The molecule has 21 heavy (non-hydrogen) atoms. The number of aryl methyl sites for hydroxylation is 1. The lowest BCUT2D eigenvalue weighted by Gasteiger charge is -2.06. The van der Waals surface area contributed by atoms with Crippen LogP contribution in [0.15, 0.2) is 12.3 Å². The second kappa shape index (κ2) is 7.54. The minimum Gasteiger partial charge on any atom is -0.312 e. The van der Waals surface area contributed by atoms with Gasteiger partial charge in [-0.15, -0.1) is 11.3 Å². The van der Waals surface area contributed by atoms with Crippen molar-refractivity contribution >= 4 is 34.5 Å². The zero-order valence-electron chi connectivity index (χ0n) is 12.4. The van der Waals surface area contributed by atoms with Crippen molar-refractivity contribution in [3.8, 4) is 10.7 Å². The fraction of sp³-hybridized carbons (Fsp3) is 0.467. The molecule has 0 aliphatic heterocycles. The minimum absolute atomic E-state index is 0.537. The molecule has 0 bridgehead atoms. The maximum absolute atomic E-state index is 6.22. The highest BCUT2D eigenvalue weighted by Crippen LogP contribution is 2.32. The summed E-state index contributed by atoms with van der Waals surface area (Å²) >= 11 is 13.8. The molecule has 0 amide bonds. The second-order valence-electron chi connectivity index (χ2n) is 5.25. The van der Waals surface area contributed by atoms with Crippen molar-refractivity contribution in [1.82, 2.24) is 15.3 Å². The third-order valence-corrected chi connectivity index (χ3v) is 4.56. The van der Waals surface area contributed by atoms with Crippen LogP contribution in [0, 0.1) is 5.92 Å². The van der Waals surface area contributed by atoms with Crippen LogP contribution >= 0.6 is 34.5 Å². The Morgan fingerprint density at radius 3 is 2.71 bits per heavy atom. The van der Waals surface area contributed by atoms with E-state index in [0.717, 1.165) is 30.2 Å². The Morgan fingerprint density at radius 2 is 2.10 bits per heavy atom. The first-order chi connectivity index (χ1) is 10.0. The Balaban J connectivity index is 2.23. The Labute approximate surface area is 139 Å². The molecule has 0 unspecified atom stereocenters. The molecule has 1 N–H and O–H groups in total. The maximum Gasteiger partial charge on any atom is 0.143 e. The van der Waals surface area contributed by atoms with Crippen molar-refractivity contribution in [3.05, 3.63) is 32.9 Å². The smallest absolute Gasteiger partial charge is 0.143 e. The molecule has 2 rings (SSSR count). The average Bonchev–Trinajstić information content (AvgIpc) is 2.81. The normalized spacial score (nSPS) is 11.3. The van der Waals surface area contributed by atoms with E-state index in [-0.39, 0.29) is 0 Å². The number of aromatic nitrogens is 2. The molecule has 0 saturated carbocycles. The van der Waals surface area contributed by atoms with E-state index in [1.807, 2.05) is 0 Å². The van der Waals surface area contributed by atoms with Gasteiger partial charge in [0.1, 0.15) is 10.7 Å². The standard InChI is InChI=1S/C15H19Cl2N3S/c1-4-12-13(8-18-6-9(2)3)21-15(20-12)14-11(17)5-10(16)7-19-14/h5,7,9,18H,4,6,8H2,1-3H3. The molecule has 0 saturated heterocycles. The van der Waals surface area contributed by atoms with E-state index in [4.69, 9.17) is 23.2 Å². The summed E-state index contributed by atoms with van der Waals surface area (Å²) in [5.74, 6) is 0.634. The molecule has 0 fully saturated rings. The predicted octanol–water partition coefficient (Wildman–Crippen LogP) is 4.82. The molecule has 114 valence electrons. The first-order valence-electron chi connectivity index (χ1n) is 7.02. The zero-order valence-corrected chi connectivity index (χ0v) is 14.7. The molecule has 3 nitrogen and oxygen atoms in total. The molecule has 0 aliphatic rings. The highest BCUT2D eigenvalue weighted by Gasteiger charge is 2.15. The van der Waals surface area contributed by atoms with Gasteiger partial charge in [0.05, 0.1) is 15.7 Å². The quantitative estimate of drug-likeness (QED) is 0.816. The first kappa shape index (κ1) is 16.7. The number of halogens is 2. The van der Waals surface area contributed by atoms with Gasteiger partial charge in [-0.05, 0) is 24.9 Å². The van der Waals surface area contributed by atoms with Gasteiger partial charge in [0.25, 0.3) is 0 Å². The molecule has 0 spiro atoms. The molecule has 6 heteroatoms. The van der Waals surface area contributed by atoms with Gasteiger partial charge >= 0.3 is 0 Å². The van der Waals surface area contributed by atoms with Gasteiger partial charge in [-0.2, -0.15) is 0 Å². The van der Waals surface area contributed by atoms with Gasteiger partial charge in [0, 0.05) is 17.6 Å². The topological polar surface area (TPSA) is 37.8 Å². The fourth-order valence-corrected chi connectivity index (χ4v) is 3.60. The Morgan fingerprint density at radius 1 is 1.33 bits per heavy atom. The third kappa shape index (κ3) is 4.39. The maximum atomic E-state index is 6.22. The van der Waals surface area contributed by atoms with E-state index in [0.29, 0.717) is 21.7 Å². The number of hydrogen-bond acceptors (Lipinski definition) is 4. The summed E-state index contributed by atoms with van der Waals surface area (Å²) in [6.45, 7) is 8.34. The highest BCUT2D eigenvalue weighted by atomic mass is 35.5. The van der Waals surface area contributed by atoms with Crippen LogP contribution in [-0.4, -0.2) is 16.5 Å². The summed E-state index contributed by atoms with van der Waals surface area (Å²) in [4.78, 5) is 10.2. The van der Waals surface area contributed by atoms with Crippen LogP contribution in [0.2, 0.25) is 10.0 Å². The lowest BCUT2D eigenvalue weighted by atomic mass is 10.2. The van der Waals surface area contributed by atoms with E-state index in [2.05, 4.69) is 36.1 Å². The number of rotatable bonds is 6. The fourth-order valence-electron chi connectivity index (χ4n) is 1.95. The number of nitrogens with zero attached hydrogens (tertiary/aromatic N) is 2. The van der Waals surface area contributed by atoms with Crippen molar-refractivity contribution in [3.63, 3.8) is 0 Å². The summed E-state index contributed by atoms with van der Waals surface area (Å²) in [5.41, 5.74) is 1.81. The molecule has 0 aliphatic carbocycles. The van der Waals surface area contributed by atoms with Gasteiger partial charge in [-0.25, -0.2) is 4.98 Å². The lowest BCUT2D eigenvalue weighted by molar-refractivity contribution is 0.553. The minimum atomic E-state index is 0.537. The van der Waals surface area contributed by atoms with Gasteiger partial charge in [0.15, 0.2) is 0 Å². The molecule has 0 radical (unpaired) electrons. The number of nitrogens with one attached hydrogen (secondary N) is 1. The van der Waals surface area contributed by atoms with Crippen molar-refractivity contribution in [2.24, 2.45) is 5.92 Å². The Bertz CT molecular complexity index is 611. The SMILES string of the molecule is CCc1nc(-c2ncc(Cl)cc2Cl)sc1CNCC(C)C. The molecular weight excluding hydrogens is 325 g/mol. The number of hydrogen-bond donors (Lipinski definition) is 1. The van der Waals surface area contributed by atoms with E-state index < -0.39 is 0 Å². The van der Waals surface area contributed by atoms with Crippen molar-refractivity contribution in [1.29, 1.82) is 0 Å². The van der Waals surface area contributed by atoms with Crippen LogP contribution in [0.5, 0.6) is 0 Å². The molecule has 2 aromatic rings. The zero-order chi connectivity index (χ0) is 15.4. The molecule has 2 heterocycles. The average molecular weight is 344 g/mol. The van der Waals surface area contributed by atoms with Gasteiger partial charge < -0.3 is 5.32 Å². The summed E-state index contributed by atoms with van der Waals surface area (Å²) in [6.07, 6.45) is 2.51. The molecule has 0 atom stereocenters. The van der Waals surface area contributed by atoms with Crippen LogP contribution in [-0.2, 0) is 13.0 Å². The summed E-state index contributed by atoms with van der Waals surface area (Å²) in [6, 6.07) is 1.70. The molecule has 2 aromatic heterocycles. The Kier molecular flexibility index (Phi) is 5.99. The Hall–Kier alpha value is -0.680. The van der Waals surface area contributed by atoms with E-state index in [1.165, 1.54) is 4.88 Å². The summed E-state index contributed by atoms with van der Waals surface area (Å²) < 4.78 is 0. The highest BCUT2D eigenvalue weighted by molar-refractivity contribution is 7.15. The molecule has 0 aromatic carbocycles. The second-order valence-corrected chi connectivity index (χ2v) is 7.18. The van der Waals surface area contributed by atoms with Crippen LogP contribution in [0.4, 0.5) is 0 Å². The lowest BCUT2D eigenvalue weighted by Crippen LogP contribution is -2.18. The van der Waals surface area contributed by atoms with Crippen LogP contribution in [0.25, 0.3) is 10.7 Å². The third-order valence-electron chi connectivity index (χ3n) is 2.96. The van der Waals surface area contributed by atoms with Gasteiger partial charge in [0.2, 0.25) is 0 Å². The van der Waals surface area contributed by atoms with E-state index in [9.17, 15) is 0 Å². The van der Waals surface area contributed by atoms with Gasteiger partial charge in [-0.1, -0.05) is 44.0 Å². The predicted molar refractivity (Wildman–Crippen MR) is 91.3 cm³/mol. The van der Waals surface area contributed by atoms with E-state index in [1.54, 1.807) is 23.6 Å². The first-order valence-corrected chi connectivity index (χ1v) is 8.59. The van der Waals surface area contributed by atoms with Crippen molar-refractivity contribution in [2.45, 2.75) is 33.7 Å². The molecular formula is C15H19Cl2N3S. The van der Waals surface area contributed by atoms with Crippen LogP contribution in [0.1, 0.15) is 31.3 Å². The summed E-state index contributed by atoms with van der Waals surface area (Å²) in [5, 5.41) is 5.40. The number of thiazole rings is 1. The van der Waals surface area contributed by atoms with Crippen LogP contribution in [0.3, 0.4) is 0 Å². The van der Waals surface area contributed by atoms with Gasteiger partial charge in [-0.3, -0.25) is 4.98 Å². The largest absolute Gasteiger partial charge is 0.312 e.